The second-order valence-corrected chi connectivity index (χ2v) is 10.8. The number of rotatable bonds is 16. The highest BCUT2D eigenvalue weighted by Gasteiger charge is 2.27. The Morgan fingerprint density at radius 2 is 0.947 bits per heavy atom. The quantitative estimate of drug-likeness (QED) is 0.119. The van der Waals surface area contributed by atoms with Crippen molar-refractivity contribution >= 4 is 5.78 Å². The lowest BCUT2D eigenvalue weighted by molar-refractivity contribution is -0.906. The van der Waals surface area contributed by atoms with Crippen LogP contribution in [-0.4, -0.2) is 81.3 Å². The van der Waals surface area contributed by atoms with Crippen molar-refractivity contribution < 1.29 is 71.2 Å². The first-order valence-corrected chi connectivity index (χ1v) is 14.0. The maximum atomic E-state index is 13.2. The number of unbranched alkanes of at least 4 members (excludes halogenated alkanes) is 2. The lowest BCUT2D eigenvalue weighted by atomic mass is 10.1. The number of quaternary nitrogens is 2. The Kier molecular flexibility index (Phi) is 15.1. The Balaban J connectivity index is 0.00000361. The topological polar surface area (TPSA) is 35.5 Å². The highest BCUT2D eigenvalue weighted by Crippen LogP contribution is 2.40. The summed E-state index contributed by atoms with van der Waals surface area (Å²) in [4.78, 5) is 13.2. The number of hydrogen-bond acceptors (Lipinski definition) is 3. The molecule has 0 fully saturated rings. The van der Waals surface area contributed by atoms with E-state index in [4.69, 9.17) is 9.47 Å². The number of ether oxygens (including phenoxy) is 2. The zero-order chi connectivity index (χ0) is 26.2. The van der Waals surface area contributed by atoms with E-state index in [2.05, 4.69) is 41.8 Å². The first-order valence-electron chi connectivity index (χ1n) is 14.0. The van der Waals surface area contributed by atoms with Crippen LogP contribution < -0.4 is 57.4 Å². The van der Waals surface area contributed by atoms with Gasteiger partial charge in [0.1, 0.15) is 11.5 Å². The molecule has 38 heavy (non-hydrogen) atoms. The van der Waals surface area contributed by atoms with E-state index in [0.717, 1.165) is 94.6 Å². The smallest absolute Gasteiger partial charge is 0.194 e. The molecule has 7 heteroatoms. The first-order chi connectivity index (χ1) is 17.3. The highest BCUT2D eigenvalue weighted by atomic mass is 127. The number of carbonyl (C=O) groups is 1. The van der Waals surface area contributed by atoms with Crippen LogP contribution in [0.15, 0.2) is 36.4 Å². The second-order valence-electron chi connectivity index (χ2n) is 10.8. The molecule has 0 N–H and O–H groups in total. The Hall–Kier alpha value is -0.910. The van der Waals surface area contributed by atoms with Gasteiger partial charge < -0.3 is 66.4 Å². The fourth-order valence-electron chi connectivity index (χ4n) is 4.87. The van der Waals surface area contributed by atoms with E-state index in [1.165, 1.54) is 13.1 Å². The molecule has 0 saturated carbocycles. The number of halogens is 2. The molecular formula is C31H48I2N2O3. The summed E-state index contributed by atoms with van der Waals surface area (Å²) in [5, 5.41) is 0. The maximum Gasteiger partial charge on any atom is 0.194 e. The van der Waals surface area contributed by atoms with Gasteiger partial charge in [-0.1, -0.05) is 0 Å². The molecule has 0 aliphatic heterocycles. The summed E-state index contributed by atoms with van der Waals surface area (Å²) in [7, 11) is 4.63. The van der Waals surface area contributed by atoms with E-state index in [1.54, 1.807) is 0 Å². The molecule has 2 aromatic carbocycles. The van der Waals surface area contributed by atoms with Crippen LogP contribution in [0.25, 0.3) is 11.1 Å². The molecule has 0 bridgehead atoms. The first kappa shape index (κ1) is 35.1. The number of hydrogen-bond donors (Lipinski definition) is 0. The van der Waals surface area contributed by atoms with Crippen molar-refractivity contribution in [2.24, 2.45) is 0 Å². The van der Waals surface area contributed by atoms with Crippen LogP contribution in [0.3, 0.4) is 0 Å². The largest absolute Gasteiger partial charge is 1.00 e. The zero-order valence-electron chi connectivity index (χ0n) is 24.3. The molecule has 0 spiro atoms. The van der Waals surface area contributed by atoms with Crippen LogP contribution in [0.4, 0.5) is 0 Å². The van der Waals surface area contributed by atoms with E-state index in [1.807, 2.05) is 36.4 Å². The van der Waals surface area contributed by atoms with Gasteiger partial charge in [0.25, 0.3) is 0 Å². The van der Waals surface area contributed by atoms with Gasteiger partial charge in [0.2, 0.25) is 0 Å². The Morgan fingerprint density at radius 3 is 1.29 bits per heavy atom. The third kappa shape index (κ3) is 9.06. The van der Waals surface area contributed by atoms with Gasteiger partial charge in [0, 0.05) is 11.1 Å². The molecule has 2 aromatic rings. The third-order valence-electron chi connectivity index (χ3n) is 8.54. The van der Waals surface area contributed by atoms with Crippen LogP contribution in [0.5, 0.6) is 11.5 Å². The Bertz CT molecular complexity index is 941. The van der Waals surface area contributed by atoms with Gasteiger partial charge in [-0.25, -0.2) is 0 Å². The van der Waals surface area contributed by atoms with Crippen molar-refractivity contribution in [3.63, 3.8) is 0 Å². The Morgan fingerprint density at radius 1 is 0.579 bits per heavy atom. The minimum absolute atomic E-state index is 0. The molecular weight excluding hydrogens is 702 g/mol. The van der Waals surface area contributed by atoms with Crippen molar-refractivity contribution in [2.45, 2.75) is 53.4 Å². The molecule has 3 rings (SSSR count). The van der Waals surface area contributed by atoms with E-state index < -0.39 is 0 Å². The van der Waals surface area contributed by atoms with Gasteiger partial charge in [0.05, 0.1) is 66.6 Å². The molecule has 0 atom stereocenters. The van der Waals surface area contributed by atoms with E-state index in [-0.39, 0.29) is 53.7 Å². The van der Waals surface area contributed by atoms with Crippen molar-refractivity contribution in [1.29, 1.82) is 0 Å². The highest BCUT2D eigenvalue weighted by molar-refractivity contribution is 6.22. The summed E-state index contributed by atoms with van der Waals surface area (Å²) in [6.07, 6.45) is 4.34. The number of carbonyl (C=O) groups excluding carboxylic acids is 1. The average Bonchev–Trinajstić information content (AvgIpc) is 3.18. The van der Waals surface area contributed by atoms with Gasteiger partial charge in [-0.15, -0.1) is 0 Å². The number of nitrogens with zero attached hydrogens (tertiary/aromatic N) is 2. The van der Waals surface area contributed by atoms with Gasteiger partial charge in [-0.2, -0.15) is 0 Å². The minimum atomic E-state index is 0. The van der Waals surface area contributed by atoms with Gasteiger partial charge in [-0.05, 0) is 101 Å². The predicted octanol–water partition coefficient (Wildman–Crippen LogP) is 0.197. The van der Waals surface area contributed by atoms with Crippen LogP contribution >= 0.6 is 0 Å². The number of fused-ring (bicyclic) bond motifs is 3. The van der Waals surface area contributed by atoms with Gasteiger partial charge >= 0.3 is 0 Å². The molecule has 1 aliphatic rings. The Labute approximate surface area is 265 Å². The minimum Gasteiger partial charge on any atom is -1.00 e. The van der Waals surface area contributed by atoms with Crippen molar-refractivity contribution in [2.75, 3.05) is 66.6 Å². The van der Waals surface area contributed by atoms with Crippen molar-refractivity contribution in [3.05, 3.63) is 47.5 Å². The molecule has 5 nitrogen and oxygen atoms in total. The van der Waals surface area contributed by atoms with E-state index in [9.17, 15) is 4.79 Å². The monoisotopic (exact) mass is 750 g/mol. The molecule has 214 valence electrons. The summed E-state index contributed by atoms with van der Waals surface area (Å²) in [6.45, 7) is 17.4. The molecule has 1 aliphatic carbocycles. The normalized spacial score (nSPS) is 12.3. The van der Waals surface area contributed by atoms with Crippen LogP contribution in [0, 0.1) is 0 Å². The molecule has 0 amide bonds. The van der Waals surface area contributed by atoms with Crippen molar-refractivity contribution in [3.8, 4) is 22.6 Å². The fourth-order valence-corrected chi connectivity index (χ4v) is 4.87. The van der Waals surface area contributed by atoms with Crippen molar-refractivity contribution in [1.82, 2.24) is 0 Å². The molecule has 0 saturated heterocycles. The number of benzene rings is 2. The molecule has 0 unspecified atom stereocenters. The van der Waals surface area contributed by atoms with E-state index >= 15 is 0 Å². The predicted molar refractivity (Wildman–Crippen MR) is 149 cm³/mol. The second kappa shape index (κ2) is 16.4. The van der Waals surface area contributed by atoms with Gasteiger partial charge in [-0.3, -0.25) is 4.79 Å². The fraction of sp³-hybridized carbons (Fsp3) is 0.581. The van der Waals surface area contributed by atoms with Crippen LogP contribution in [0.2, 0.25) is 0 Å². The maximum absolute atomic E-state index is 13.2. The summed E-state index contributed by atoms with van der Waals surface area (Å²) in [5.74, 6) is 1.62. The summed E-state index contributed by atoms with van der Waals surface area (Å²) < 4.78 is 14.2. The summed E-state index contributed by atoms with van der Waals surface area (Å²) >= 11 is 0. The summed E-state index contributed by atoms with van der Waals surface area (Å²) in [6, 6.07) is 11.8. The summed E-state index contributed by atoms with van der Waals surface area (Å²) in [5.41, 5.74) is 3.45. The lowest BCUT2D eigenvalue weighted by Gasteiger charge is -2.32. The molecule has 0 heterocycles. The third-order valence-corrected chi connectivity index (χ3v) is 8.54. The van der Waals surface area contributed by atoms with Crippen LogP contribution in [0.1, 0.15) is 69.3 Å². The average molecular weight is 751 g/mol. The molecule has 0 radical (unpaired) electrons. The number of ketones is 1. The zero-order valence-corrected chi connectivity index (χ0v) is 28.6. The van der Waals surface area contributed by atoms with Gasteiger partial charge in [0.15, 0.2) is 5.78 Å². The lowest BCUT2D eigenvalue weighted by Crippen LogP contribution is -3.00. The molecule has 0 aromatic heterocycles. The van der Waals surface area contributed by atoms with Crippen LogP contribution in [-0.2, 0) is 0 Å². The SMILES string of the molecule is CC[N+](C)(CC)CCCCOc1ccc2c(c1)C(=O)c1cc(OCCCC[N+](C)(CC)CC)ccc1-2.[I-].[I-]. The standard InChI is InChI=1S/C31H48N2O3.2HI/c1-7-32(5,8-2)19-11-13-21-35-25-15-17-27-28-18-16-26(24-30(28)31(34)29(27)23-25)36-22-14-12-20-33(6,9-3)10-4;;/h15-18,23-24H,7-14,19-22H2,1-6H3;2*1H/q+2;;/p-2. The van der Waals surface area contributed by atoms with E-state index in [0.29, 0.717) is 13.2 Å².